The fourth-order valence-electron chi connectivity index (χ4n) is 3.13. The minimum Gasteiger partial charge on any atom is -0.465 e. The standard InChI is InChI=1S/C15H18N3O6P/c1-4-24-13(19)11-12(25(21,22-2)23-3)17-18-15(11)9-7-5-6-8-10(9)16-14(15)20/h5-8,11,18H,4H2,1-3H3,(H,16,20). The van der Waals surface area contributed by atoms with Crippen molar-refractivity contribution in [1.29, 1.82) is 0 Å². The average Bonchev–Trinajstić information content (AvgIpc) is 3.15. The summed E-state index contributed by atoms with van der Waals surface area (Å²) in [7, 11) is -1.51. The quantitative estimate of drug-likeness (QED) is 0.597. The van der Waals surface area contributed by atoms with Crippen LogP contribution in [0.15, 0.2) is 29.4 Å². The Morgan fingerprint density at radius 1 is 1.32 bits per heavy atom. The van der Waals surface area contributed by atoms with E-state index >= 15 is 0 Å². The minimum absolute atomic E-state index is 0.0895. The van der Waals surface area contributed by atoms with Crippen LogP contribution in [-0.2, 0) is 33.5 Å². The van der Waals surface area contributed by atoms with Gasteiger partial charge in [-0.1, -0.05) is 18.2 Å². The van der Waals surface area contributed by atoms with E-state index in [0.717, 1.165) is 0 Å². The van der Waals surface area contributed by atoms with E-state index in [1.807, 2.05) is 0 Å². The third-order valence-electron chi connectivity index (χ3n) is 4.28. The lowest BCUT2D eigenvalue weighted by Gasteiger charge is -2.28. The van der Waals surface area contributed by atoms with E-state index in [1.54, 1.807) is 31.2 Å². The number of fused-ring (bicyclic) bond motifs is 2. The van der Waals surface area contributed by atoms with Crippen LogP contribution in [-0.4, -0.2) is 38.2 Å². The third kappa shape index (κ3) is 2.38. The van der Waals surface area contributed by atoms with Crippen LogP contribution >= 0.6 is 7.60 Å². The Morgan fingerprint density at radius 2 is 2.00 bits per heavy atom. The van der Waals surface area contributed by atoms with Crippen LogP contribution < -0.4 is 10.7 Å². The number of hydrazone groups is 1. The number of hydrogen-bond acceptors (Lipinski definition) is 8. The van der Waals surface area contributed by atoms with Crippen LogP contribution in [0, 0.1) is 5.92 Å². The van der Waals surface area contributed by atoms with Crippen molar-refractivity contribution in [1.82, 2.24) is 5.43 Å². The summed E-state index contributed by atoms with van der Waals surface area (Å²) in [5.74, 6) is -2.53. The van der Waals surface area contributed by atoms with E-state index < -0.39 is 30.9 Å². The molecule has 2 unspecified atom stereocenters. The van der Waals surface area contributed by atoms with Gasteiger partial charge in [0.05, 0.1) is 6.61 Å². The second-order valence-corrected chi connectivity index (χ2v) is 7.62. The van der Waals surface area contributed by atoms with E-state index in [9.17, 15) is 14.2 Å². The van der Waals surface area contributed by atoms with E-state index in [1.165, 1.54) is 14.2 Å². The lowest BCUT2D eigenvalue weighted by molar-refractivity contribution is -0.149. The number of ether oxygens (including phenoxy) is 1. The smallest absolute Gasteiger partial charge is 0.377 e. The van der Waals surface area contributed by atoms with Gasteiger partial charge < -0.3 is 19.1 Å². The largest absolute Gasteiger partial charge is 0.465 e. The van der Waals surface area contributed by atoms with Gasteiger partial charge in [0.2, 0.25) is 0 Å². The zero-order valence-corrected chi connectivity index (χ0v) is 14.8. The van der Waals surface area contributed by atoms with E-state index in [4.69, 9.17) is 13.8 Å². The molecule has 1 amide bonds. The minimum atomic E-state index is -3.87. The van der Waals surface area contributed by atoms with Gasteiger partial charge in [-0.15, -0.1) is 0 Å². The monoisotopic (exact) mass is 367 g/mol. The molecule has 9 nitrogen and oxygen atoms in total. The lowest BCUT2D eigenvalue weighted by atomic mass is 9.80. The van der Waals surface area contributed by atoms with Gasteiger partial charge in [0.1, 0.15) is 5.92 Å². The molecule has 1 aromatic carbocycles. The molecule has 1 aromatic rings. The number of nitrogens with one attached hydrogen (secondary N) is 2. The van der Waals surface area contributed by atoms with Crippen molar-refractivity contribution in [2.45, 2.75) is 12.5 Å². The molecule has 0 bridgehead atoms. The molecule has 1 spiro atoms. The Labute approximate surface area is 144 Å². The number of nitrogens with zero attached hydrogens (tertiary/aromatic N) is 1. The number of amides is 1. The Morgan fingerprint density at radius 3 is 2.64 bits per heavy atom. The van der Waals surface area contributed by atoms with Crippen LogP contribution in [0.4, 0.5) is 5.69 Å². The predicted molar refractivity (Wildman–Crippen MR) is 89.1 cm³/mol. The van der Waals surface area contributed by atoms with E-state index in [0.29, 0.717) is 11.3 Å². The van der Waals surface area contributed by atoms with Gasteiger partial charge in [0, 0.05) is 25.5 Å². The fourth-order valence-corrected chi connectivity index (χ4v) is 4.44. The molecular weight excluding hydrogens is 349 g/mol. The number of hydrogen-bond donors (Lipinski definition) is 2. The van der Waals surface area contributed by atoms with Crippen molar-refractivity contribution in [2.75, 3.05) is 26.1 Å². The molecule has 2 aliphatic heterocycles. The Hall–Kier alpha value is -2.22. The lowest BCUT2D eigenvalue weighted by Crippen LogP contribution is -2.52. The maximum atomic E-state index is 12.9. The molecule has 0 saturated heterocycles. The molecular formula is C15H18N3O6P. The first kappa shape index (κ1) is 17.6. The van der Waals surface area contributed by atoms with Gasteiger partial charge in [0.15, 0.2) is 11.0 Å². The van der Waals surface area contributed by atoms with Crippen LogP contribution in [0.25, 0.3) is 0 Å². The molecule has 3 rings (SSSR count). The summed E-state index contributed by atoms with van der Waals surface area (Å²) in [5, 5.41) is 6.72. The molecule has 2 atom stereocenters. The van der Waals surface area contributed by atoms with Crippen LogP contribution in [0.3, 0.4) is 0 Å². The second-order valence-electron chi connectivity index (χ2n) is 5.44. The number of carbonyl (C=O) groups excluding carboxylic acids is 2. The third-order valence-corrected chi connectivity index (χ3v) is 6.16. The summed E-state index contributed by atoms with van der Waals surface area (Å²) < 4.78 is 28.0. The number of benzene rings is 1. The van der Waals surface area contributed by atoms with E-state index in [2.05, 4.69) is 15.8 Å². The summed E-state index contributed by atoms with van der Waals surface area (Å²) in [6, 6.07) is 6.88. The van der Waals surface area contributed by atoms with Crippen molar-refractivity contribution in [3.05, 3.63) is 29.8 Å². The van der Waals surface area contributed by atoms with Crippen molar-refractivity contribution >= 4 is 30.6 Å². The number of esters is 1. The molecule has 0 fully saturated rings. The Kier molecular flexibility index (Phi) is 4.40. The zero-order chi connectivity index (χ0) is 18.2. The number of carbonyl (C=O) groups is 2. The fraction of sp³-hybridized carbons (Fsp3) is 0.400. The Balaban J connectivity index is 2.18. The summed E-state index contributed by atoms with van der Waals surface area (Å²) >= 11 is 0. The maximum absolute atomic E-state index is 12.9. The molecule has 2 heterocycles. The first-order valence-corrected chi connectivity index (χ1v) is 9.13. The Bertz CT molecular complexity index is 802. The van der Waals surface area contributed by atoms with Gasteiger partial charge in [-0.05, 0) is 13.0 Å². The van der Waals surface area contributed by atoms with Crippen molar-refractivity contribution in [3.63, 3.8) is 0 Å². The molecule has 134 valence electrons. The van der Waals surface area contributed by atoms with Gasteiger partial charge >= 0.3 is 13.6 Å². The summed E-state index contributed by atoms with van der Waals surface area (Å²) in [6.07, 6.45) is 0. The molecule has 10 heteroatoms. The summed E-state index contributed by atoms with van der Waals surface area (Å²) in [5.41, 5.74) is 1.99. The molecule has 25 heavy (non-hydrogen) atoms. The average molecular weight is 367 g/mol. The van der Waals surface area contributed by atoms with E-state index in [-0.39, 0.29) is 12.1 Å². The van der Waals surface area contributed by atoms with Gasteiger partial charge in [-0.25, -0.2) is 0 Å². The highest BCUT2D eigenvalue weighted by molar-refractivity contribution is 7.72. The highest BCUT2D eigenvalue weighted by Gasteiger charge is 2.64. The van der Waals surface area contributed by atoms with Gasteiger partial charge in [-0.2, -0.15) is 5.10 Å². The highest BCUT2D eigenvalue weighted by Crippen LogP contribution is 2.57. The van der Waals surface area contributed by atoms with Crippen molar-refractivity contribution in [2.24, 2.45) is 11.0 Å². The highest BCUT2D eigenvalue weighted by atomic mass is 31.2. The number of rotatable bonds is 5. The molecule has 2 aliphatic rings. The summed E-state index contributed by atoms with van der Waals surface area (Å²) in [4.78, 5) is 25.5. The molecule has 0 aromatic heterocycles. The first-order valence-electron chi connectivity index (χ1n) is 7.59. The molecule has 0 radical (unpaired) electrons. The SMILES string of the molecule is CCOC(=O)C1C(P(=O)(OC)OC)=NNC12C(=O)Nc1ccccc12. The normalized spacial score (nSPS) is 24.5. The van der Waals surface area contributed by atoms with Crippen LogP contribution in [0.1, 0.15) is 12.5 Å². The van der Waals surface area contributed by atoms with Crippen LogP contribution in [0.5, 0.6) is 0 Å². The van der Waals surface area contributed by atoms with Crippen molar-refractivity contribution in [3.8, 4) is 0 Å². The van der Waals surface area contributed by atoms with Gasteiger partial charge in [0.25, 0.3) is 5.91 Å². The second kappa shape index (κ2) is 6.25. The summed E-state index contributed by atoms with van der Waals surface area (Å²) in [6.45, 7) is 1.73. The zero-order valence-electron chi connectivity index (χ0n) is 13.9. The number of para-hydroxylation sites is 1. The molecule has 0 saturated carbocycles. The van der Waals surface area contributed by atoms with Crippen LogP contribution in [0.2, 0.25) is 0 Å². The molecule has 2 N–H and O–H groups in total. The topological polar surface area (TPSA) is 115 Å². The van der Waals surface area contributed by atoms with Crippen molar-refractivity contribution < 1.29 is 27.9 Å². The van der Waals surface area contributed by atoms with Gasteiger partial charge in [-0.3, -0.25) is 19.6 Å². The molecule has 0 aliphatic carbocycles. The predicted octanol–water partition coefficient (Wildman–Crippen LogP) is 1.42. The number of anilines is 1. The first-order chi connectivity index (χ1) is 11.9. The maximum Gasteiger partial charge on any atom is 0.377 e.